The number of carbonyl (C=O) groups is 3. The standard InChI is InChI=1S/C22H29N3O4S/c1-25(16-21(27)23-12-6-13-29-2)22(28)17-7-3-8-18(15-17)24-20(26)11-4-9-19-10-5-14-30-19/h3,5,7-8,10,14-15H,4,6,9,11-13,16H2,1-2H3,(H,23,27)(H,24,26). The van der Waals surface area contributed by atoms with Gasteiger partial charge in [-0.3, -0.25) is 14.4 Å². The molecule has 0 bridgehead atoms. The van der Waals surface area contributed by atoms with Crippen LogP contribution < -0.4 is 10.6 Å². The first-order chi connectivity index (χ1) is 14.5. The normalized spacial score (nSPS) is 10.5. The minimum Gasteiger partial charge on any atom is -0.385 e. The first kappa shape index (κ1) is 23.6. The van der Waals surface area contributed by atoms with E-state index < -0.39 is 0 Å². The third kappa shape index (κ3) is 8.34. The van der Waals surface area contributed by atoms with Gasteiger partial charge in [0.25, 0.3) is 5.91 Å². The number of methoxy groups -OCH3 is 1. The molecule has 0 saturated carbocycles. The lowest BCUT2D eigenvalue weighted by molar-refractivity contribution is -0.121. The van der Waals surface area contributed by atoms with Crippen molar-refractivity contribution in [2.45, 2.75) is 25.7 Å². The molecular formula is C22H29N3O4S. The molecule has 8 heteroatoms. The number of amides is 3. The van der Waals surface area contributed by atoms with Crippen molar-refractivity contribution in [1.82, 2.24) is 10.2 Å². The summed E-state index contributed by atoms with van der Waals surface area (Å²) in [5, 5.41) is 7.62. The van der Waals surface area contributed by atoms with Crippen molar-refractivity contribution in [3.8, 4) is 0 Å². The van der Waals surface area contributed by atoms with E-state index in [9.17, 15) is 14.4 Å². The Kier molecular flexibility index (Phi) is 10.0. The highest BCUT2D eigenvalue weighted by Gasteiger charge is 2.15. The Bertz CT molecular complexity index is 824. The van der Waals surface area contributed by atoms with Gasteiger partial charge in [0, 0.05) is 49.9 Å². The van der Waals surface area contributed by atoms with Gasteiger partial charge in [0.05, 0.1) is 6.54 Å². The molecule has 162 valence electrons. The van der Waals surface area contributed by atoms with Crippen LogP contribution in [-0.2, 0) is 20.7 Å². The maximum atomic E-state index is 12.6. The van der Waals surface area contributed by atoms with Crippen molar-refractivity contribution in [2.24, 2.45) is 0 Å². The minimum atomic E-state index is -0.282. The largest absolute Gasteiger partial charge is 0.385 e. The number of hydrogen-bond donors (Lipinski definition) is 2. The van der Waals surface area contributed by atoms with Gasteiger partial charge in [-0.1, -0.05) is 12.1 Å². The summed E-state index contributed by atoms with van der Waals surface area (Å²) in [6.45, 7) is 1.04. The smallest absolute Gasteiger partial charge is 0.254 e. The summed E-state index contributed by atoms with van der Waals surface area (Å²) in [4.78, 5) is 39.4. The molecule has 0 spiro atoms. The van der Waals surface area contributed by atoms with Crippen LogP contribution in [0.5, 0.6) is 0 Å². The summed E-state index contributed by atoms with van der Waals surface area (Å²) in [6.07, 6.45) is 2.78. The number of carbonyl (C=O) groups excluding carboxylic acids is 3. The van der Waals surface area contributed by atoms with Crippen molar-refractivity contribution in [2.75, 3.05) is 39.2 Å². The van der Waals surface area contributed by atoms with E-state index in [-0.39, 0.29) is 24.3 Å². The summed E-state index contributed by atoms with van der Waals surface area (Å²) < 4.78 is 4.93. The maximum Gasteiger partial charge on any atom is 0.254 e. The van der Waals surface area contributed by atoms with Crippen LogP contribution in [0.15, 0.2) is 41.8 Å². The van der Waals surface area contributed by atoms with E-state index in [4.69, 9.17) is 4.74 Å². The number of nitrogens with one attached hydrogen (secondary N) is 2. The minimum absolute atomic E-state index is 0.0366. The summed E-state index contributed by atoms with van der Waals surface area (Å²) in [6, 6.07) is 10.8. The van der Waals surface area contributed by atoms with Crippen LogP contribution >= 0.6 is 11.3 Å². The van der Waals surface area contributed by atoms with Gasteiger partial charge in [0.2, 0.25) is 11.8 Å². The Balaban J connectivity index is 1.80. The lowest BCUT2D eigenvalue weighted by Crippen LogP contribution is -2.38. The van der Waals surface area contributed by atoms with Gasteiger partial charge >= 0.3 is 0 Å². The third-order valence-electron chi connectivity index (χ3n) is 4.38. The van der Waals surface area contributed by atoms with Crippen LogP contribution in [0, 0.1) is 0 Å². The van der Waals surface area contributed by atoms with E-state index in [1.807, 2.05) is 11.4 Å². The number of hydrogen-bond acceptors (Lipinski definition) is 5. The van der Waals surface area contributed by atoms with E-state index >= 15 is 0 Å². The van der Waals surface area contributed by atoms with Crippen LogP contribution in [0.3, 0.4) is 0 Å². The van der Waals surface area contributed by atoms with Gasteiger partial charge in [-0.25, -0.2) is 0 Å². The maximum absolute atomic E-state index is 12.6. The zero-order valence-electron chi connectivity index (χ0n) is 17.5. The summed E-state index contributed by atoms with van der Waals surface area (Å²) in [5.41, 5.74) is 0.987. The molecule has 0 aliphatic heterocycles. The van der Waals surface area contributed by atoms with E-state index in [2.05, 4.69) is 16.7 Å². The predicted octanol–water partition coefficient (Wildman–Crippen LogP) is 2.93. The molecule has 7 nitrogen and oxygen atoms in total. The predicted molar refractivity (Wildman–Crippen MR) is 119 cm³/mol. The fraction of sp³-hybridized carbons (Fsp3) is 0.409. The van der Waals surface area contributed by atoms with Gasteiger partial charge < -0.3 is 20.3 Å². The molecular weight excluding hydrogens is 402 g/mol. The zero-order valence-corrected chi connectivity index (χ0v) is 18.3. The molecule has 0 aliphatic carbocycles. The number of nitrogens with zero attached hydrogens (tertiary/aromatic N) is 1. The second-order valence-corrected chi connectivity index (χ2v) is 7.95. The molecule has 0 aliphatic rings. The van der Waals surface area contributed by atoms with Crippen LogP contribution in [0.4, 0.5) is 5.69 Å². The van der Waals surface area contributed by atoms with Gasteiger partial charge in [-0.15, -0.1) is 11.3 Å². The topological polar surface area (TPSA) is 87.7 Å². The first-order valence-electron chi connectivity index (χ1n) is 9.93. The van der Waals surface area contributed by atoms with Gasteiger partial charge in [0.15, 0.2) is 0 Å². The molecule has 2 aromatic rings. The van der Waals surface area contributed by atoms with Crippen molar-refractivity contribution in [1.29, 1.82) is 0 Å². The highest BCUT2D eigenvalue weighted by molar-refractivity contribution is 7.09. The molecule has 0 atom stereocenters. The summed E-state index contributed by atoms with van der Waals surface area (Å²) >= 11 is 1.69. The number of likely N-dealkylation sites (N-methyl/N-ethyl adjacent to an activating group) is 1. The van der Waals surface area contributed by atoms with Crippen LogP contribution in [0.25, 0.3) is 0 Å². The molecule has 1 aromatic carbocycles. The van der Waals surface area contributed by atoms with Crippen molar-refractivity contribution in [3.63, 3.8) is 0 Å². The highest BCUT2D eigenvalue weighted by Crippen LogP contribution is 2.15. The Morgan fingerprint density at radius 2 is 1.93 bits per heavy atom. The van der Waals surface area contributed by atoms with Gasteiger partial charge in [-0.2, -0.15) is 0 Å². The van der Waals surface area contributed by atoms with Gasteiger partial charge in [0.1, 0.15) is 0 Å². The van der Waals surface area contributed by atoms with E-state index in [1.54, 1.807) is 49.8 Å². The van der Waals surface area contributed by atoms with Crippen molar-refractivity contribution < 1.29 is 19.1 Å². The number of rotatable bonds is 12. The van der Waals surface area contributed by atoms with Crippen LogP contribution in [-0.4, -0.2) is 56.5 Å². The van der Waals surface area contributed by atoms with Crippen molar-refractivity contribution >= 4 is 34.7 Å². The Labute approximate surface area is 181 Å². The summed E-state index contributed by atoms with van der Waals surface area (Å²) in [7, 11) is 3.18. The van der Waals surface area contributed by atoms with E-state index in [0.717, 1.165) is 19.3 Å². The van der Waals surface area contributed by atoms with Crippen LogP contribution in [0.1, 0.15) is 34.5 Å². The number of ether oxygens (including phenoxy) is 1. The fourth-order valence-corrected chi connectivity index (χ4v) is 3.59. The molecule has 0 unspecified atom stereocenters. The monoisotopic (exact) mass is 431 g/mol. The molecule has 0 radical (unpaired) electrons. The fourth-order valence-electron chi connectivity index (χ4n) is 2.84. The van der Waals surface area contributed by atoms with Crippen molar-refractivity contribution in [3.05, 3.63) is 52.2 Å². The number of aryl methyl sites for hydroxylation is 1. The molecule has 1 heterocycles. The van der Waals surface area contributed by atoms with E-state index in [0.29, 0.717) is 30.8 Å². The average molecular weight is 432 g/mol. The highest BCUT2D eigenvalue weighted by atomic mass is 32.1. The molecule has 30 heavy (non-hydrogen) atoms. The zero-order chi connectivity index (χ0) is 21.8. The Morgan fingerprint density at radius 3 is 2.67 bits per heavy atom. The SMILES string of the molecule is COCCCNC(=O)CN(C)C(=O)c1cccc(NC(=O)CCCc2cccs2)c1. The Hall–Kier alpha value is -2.71. The van der Waals surface area contributed by atoms with Crippen LogP contribution in [0.2, 0.25) is 0 Å². The quantitative estimate of drug-likeness (QED) is 0.506. The molecule has 0 fully saturated rings. The number of anilines is 1. The average Bonchev–Trinajstić information content (AvgIpc) is 3.24. The number of thiophene rings is 1. The summed E-state index contributed by atoms with van der Waals surface area (Å²) in [5.74, 6) is -0.590. The number of benzene rings is 1. The molecule has 2 N–H and O–H groups in total. The molecule has 2 rings (SSSR count). The second kappa shape index (κ2) is 12.8. The van der Waals surface area contributed by atoms with Gasteiger partial charge in [-0.05, 0) is 48.9 Å². The molecule has 3 amide bonds. The first-order valence-corrected chi connectivity index (χ1v) is 10.8. The lowest BCUT2D eigenvalue weighted by Gasteiger charge is -2.17. The Morgan fingerprint density at radius 1 is 1.10 bits per heavy atom. The second-order valence-electron chi connectivity index (χ2n) is 6.92. The lowest BCUT2D eigenvalue weighted by atomic mass is 10.1. The molecule has 0 saturated heterocycles. The molecule has 1 aromatic heterocycles. The van der Waals surface area contributed by atoms with E-state index in [1.165, 1.54) is 9.78 Å². The third-order valence-corrected chi connectivity index (χ3v) is 5.31.